The number of hydrogen-bond donors (Lipinski definition) is 2. The Morgan fingerprint density at radius 3 is 3.21 bits per heavy atom. The summed E-state index contributed by atoms with van der Waals surface area (Å²) in [7, 11) is 1.83. The van der Waals surface area contributed by atoms with E-state index in [1.54, 1.807) is 0 Å². The summed E-state index contributed by atoms with van der Waals surface area (Å²) in [6, 6.07) is 5.95. The van der Waals surface area contributed by atoms with Crippen LogP contribution in [0.4, 0.5) is 0 Å². The molecule has 0 aromatic heterocycles. The van der Waals surface area contributed by atoms with Gasteiger partial charge in [0.2, 0.25) is 0 Å². The van der Waals surface area contributed by atoms with Crippen molar-refractivity contribution in [2.75, 3.05) is 20.2 Å². The second-order valence-corrected chi connectivity index (χ2v) is 3.51. The van der Waals surface area contributed by atoms with Crippen molar-refractivity contribution in [2.45, 2.75) is 12.5 Å². The van der Waals surface area contributed by atoms with Crippen molar-refractivity contribution in [3.05, 3.63) is 29.3 Å². The highest BCUT2D eigenvalue weighted by molar-refractivity contribution is 5.45. The van der Waals surface area contributed by atoms with Gasteiger partial charge in [0.05, 0.1) is 12.7 Å². The van der Waals surface area contributed by atoms with Gasteiger partial charge in [-0.3, -0.25) is 0 Å². The average molecular weight is 193 g/mol. The van der Waals surface area contributed by atoms with Gasteiger partial charge in [-0.15, -0.1) is 0 Å². The Bertz CT molecular complexity index is 325. The van der Waals surface area contributed by atoms with Crippen LogP contribution in [0.25, 0.3) is 0 Å². The quantitative estimate of drug-likeness (QED) is 0.748. The van der Waals surface area contributed by atoms with Crippen molar-refractivity contribution < 1.29 is 9.84 Å². The fraction of sp³-hybridized carbons (Fsp3) is 0.455. The van der Waals surface area contributed by atoms with E-state index in [-0.39, 0.29) is 0 Å². The number of aliphatic hydroxyl groups is 1. The van der Waals surface area contributed by atoms with E-state index in [1.165, 1.54) is 5.56 Å². The highest BCUT2D eigenvalue weighted by atomic mass is 16.5. The number of nitrogens with one attached hydrogen (secondary N) is 1. The zero-order valence-electron chi connectivity index (χ0n) is 8.29. The summed E-state index contributed by atoms with van der Waals surface area (Å²) in [6.45, 7) is 1.29. The molecule has 2 N–H and O–H groups in total. The molecule has 0 saturated carbocycles. The van der Waals surface area contributed by atoms with E-state index in [0.717, 1.165) is 24.3 Å². The second-order valence-electron chi connectivity index (χ2n) is 3.51. The van der Waals surface area contributed by atoms with Gasteiger partial charge < -0.3 is 15.2 Å². The summed E-state index contributed by atoms with van der Waals surface area (Å²) in [4.78, 5) is 0. The molecule has 1 heterocycles. The molecule has 0 bridgehead atoms. The fourth-order valence-corrected chi connectivity index (χ4v) is 1.81. The van der Waals surface area contributed by atoms with E-state index < -0.39 is 6.10 Å². The van der Waals surface area contributed by atoms with Gasteiger partial charge in [-0.2, -0.15) is 0 Å². The summed E-state index contributed by atoms with van der Waals surface area (Å²) < 4.78 is 5.51. The molecule has 1 unspecified atom stereocenters. The molecular formula is C11H15NO2. The van der Waals surface area contributed by atoms with Gasteiger partial charge in [-0.05, 0) is 12.6 Å². The van der Waals surface area contributed by atoms with Gasteiger partial charge in [0.15, 0.2) is 0 Å². The molecule has 0 spiro atoms. The van der Waals surface area contributed by atoms with Crippen LogP contribution in [-0.2, 0) is 6.42 Å². The largest absolute Gasteiger partial charge is 0.493 e. The molecule has 0 amide bonds. The Kier molecular flexibility index (Phi) is 2.70. The van der Waals surface area contributed by atoms with Crippen molar-refractivity contribution in [3.63, 3.8) is 0 Å². The first-order valence-corrected chi connectivity index (χ1v) is 4.90. The molecule has 0 aliphatic carbocycles. The summed E-state index contributed by atoms with van der Waals surface area (Å²) in [6.07, 6.45) is 0.475. The lowest BCUT2D eigenvalue weighted by atomic mass is 10.0. The highest BCUT2D eigenvalue weighted by Crippen LogP contribution is 2.32. The van der Waals surface area contributed by atoms with Crippen molar-refractivity contribution in [1.29, 1.82) is 0 Å². The standard InChI is InChI=1S/C11H15NO2/c1-12-7-10(13)9-4-2-3-8-5-6-14-11(8)9/h2-4,10,12-13H,5-7H2,1H3. The van der Waals surface area contributed by atoms with Crippen molar-refractivity contribution in [3.8, 4) is 5.75 Å². The second kappa shape index (κ2) is 3.98. The zero-order valence-corrected chi connectivity index (χ0v) is 8.29. The maximum Gasteiger partial charge on any atom is 0.128 e. The number of para-hydroxylation sites is 1. The molecule has 1 atom stereocenters. The highest BCUT2D eigenvalue weighted by Gasteiger charge is 2.19. The van der Waals surface area contributed by atoms with E-state index in [1.807, 2.05) is 19.2 Å². The zero-order chi connectivity index (χ0) is 9.97. The minimum Gasteiger partial charge on any atom is -0.493 e. The van der Waals surface area contributed by atoms with Crippen LogP contribution in [0.2, 0.25) is 0 Å². The SMILES string of the molecule is CNCC(O)c1cccc2c1OCC2. The Hall–Kier alpha value is -1.06. The molecule has 1 aromatic carbocycles. The predicted octanol–water partition coefficient (Wildman–Crippen LogP) is 0.874. The Morgan fingerprint density at radius 1 is 1.57 bits per heavy atom. The minimum atomic E-state index is -0.479. The van der Waals surface area contributed by atoms with Gasteiger partial charge in [-0.25, -0.2) is 0 Å². The topological polar surface area (TPSA) is 41.5 Å². The lowest BCUT2D eigenvalue weighted by Gasteiger charge is -2.13. The maximum atomic E-state index is 9.84. The normalized spacial score (nSPS) is 16.1. The molecule has 2 rings (SSSR count). The van der Waals surface area contributed by atoms with Crippen LogP contribution in [0, 0.1) is 0 Å². The molecular weight excluding hydrogens is 178 g/mol. The van der Waals surface area contributed by atoms with E-state index in [9.17, 15) is 5.11 Å². The molecule has 0 fully saturated rings. The average Bonchev–Trinajstić information content (AvgIpc) is 2.65. The monoisotopic (exact) mass is 193 g/mol. The maximum absolute atomic E-state index is 9.84. The number of fused-ring (bicyclic) bond motifs is 1. The van der Waals surface area contributed by atoms with E-state index in [0.29, 0.717) is 6.54 Å². The predicted molar refractivity (Wildman–Crippen MR) is 54.5 cm³/mol. The van der Waals surface area contributed by atoms with Gasteiger partial charge in [0, 0.05) is 18.5 Å². The molecule has 76 valence electrons. The van der Waals surface area contributed by atoms with Gasteiger partial charge in [-0.1, -0.05) is 18.2 Å². The number of likely N-dealkylation sites (N-methyl/N-ethyl adjacent to an activating group) is 1. The van der Waals surface area contributed by atoms with Gasteiger partial charge >= 0.3 is 0 Å². The Morgan fingerprint density at radius 2 is 2.43 bits per heavy atom. The van der Waals surface area contributed by atoms with Crippen LogP contribution in [0.5, 0.6) is 5.75 Å². The van der Waals surface area contributed by atoms with Crippen LogP contribution in [0.15, 0.2) is 18.2 Å². The van der Waals surface area contributed by atoms with E-state index in [2.05, 4.69) is 11.4 Å². The summed E-state index contributed by atoms with van der Waals surface area (Å²) in [5.74, 6) is 0.884. The Labute approximate surface area is 83.7 Å². The molecule has 0 saturated heterocycles. The lowest BCUT2D eigenvalue weighted by Crippen LogP contribution is -2.17. The van der Waals surface area contributed by atoms with Crippen LogP contribution in [0.3, 0.4) is 0 Å². The smallest absolute Gasteiger partial charge is 0.128 e. The molecule has 3 nitrogen and oxygen atoms in total. The number of rotatable bonds is 3. The molecule has 3 heteroatoms. The first-order valence-electron chi connectivity index (χ1n) is 4.90. The third-order valence-corrected chi connectivity index (χ3v) is 2.50. The number of hydrogen-bond acceptors (Lipinski definition) is 3. The number of benzene rings is 1. The van der Waals surface area contributed by atoms with Gasteiger partial charge in [0.25, 0.3) is 0 Å². The van der Waals surface area contributed by atoms with Crippen LogP contribution >= 0.6 is 0 Å². The van der Waals surface area contributed by atoms with Crippen molar-refractivity contribution in [2.24, 2.45) is 0 Å². The fourth-order valence-electron chi connectivity index (χ4n) is 1.81. The Balaban J connectivity index is 2.29. The molecule has 1 aromatic rings. The van der Waals surface area contributed by atoms with Crippen LogP contribution in [-0.4, -0.2) is 25.3 Å². The minimum absolute atomic E-state index is 0.479. The van der Waals surface area contributed by atoms with Crippen molar-refractivity contribution >= 4 is 0 Å². The molecule has 1 aliphatic heterocycles. The first kappa shape index (κ1) is 9.49. The molecule has 0 radical (unpaired) electrons. The third kappa shape index (κ3) is 1.61. The molecule has 14 heavy (non-hydrogen) atoms. The summed E-state index contributed by atoms with van der Waals surface area (Å²) in [5.41, 5.74) is 2.10. The van der Waals surface area contributed by atoms with Crippen molar-refractivity contribution in [1.82, 2.24) is 5.32 Å². The summed E-state index contributed by atoms with van der Waals surface area (Å²) in [5, 5.41) is 12.8. The third-order valence-electron chi connectivity index (χ3n) is 2.50. The van der Waals surface area contributed by atoms with Crippen LogP contribution in [0.1, 0.15) is 17.2 Å². The van der Waals surface area contributed by atoms with E-state index in [4.69, 9.17) is 4.74 Å². The summed E-state index contributed by atoms with van der Waals surface area (Å²) >= 11 is 0. The van der Waals surface area contributed by atoms with Gasteiger partial charge in [0.1, 0.15) is 5.75 Å². The number of aliphatic hydroxyl groups excluding tert-OH is 1. The number of ether oxygens (including phenoxy) is 1. The molecule has 1 aliphatic rings. The first-order chi connectivity index (χ1) is 6.83. The van der Waals surface area contributed by atoms with E-state index >= 15 is 0 Å². The lowest BCUT2D eigenvalue weighted by molar-refractivity contribution is 0.173. The van der Waals surface area contributed by atoms with Crippen LogP contribution < -0.4 is 10.1 Å².